The van der Waals surface area contributed by atoms with E-state index in [2.05, 4.69) is 39.9 Å². The average Bonchev–Trinajstić information content (AvgIpc) is 1.96. The van der Waals surface area contributed by atoms with E-state index in [1.807, 2.05) is 0 Å². The van der Waals surface area contributed by atoms with Crippen molar-refractivity contribution in [3.8, 4) is 0 Å². The second kappa shape index (κ2) is 6.47. The number of rotatable bonds is 6. The molecule has 0 aliphatic heterocycles. The van der Waals surface area contributed by atoms with Crippen molar-refractivity contribution < 1.29 is 0 Å². The fraction of sp³-hybridized carbons (Fsp3) is 1.00. The van der Waals surface area contributed by atoms with Crippen molar-refractivity contribution in [3.63, 3.8) is 0 Å². The van der Waals surface area contributed by atoms with Gasteiger partial charge in [-0.3, -0.25) is 0 Å². The number of nitrogens with one attached hydrogen (secondary N) is 1. The molecule has 0 aromatic rings. The Morgan fingerprint density at radius 3 is 1.83 bits per heavy atom. The van der Waals surface area contributed by atoms with Gasteiger partial charge in [0.15, 0.2) is 0 Å². The minimum Gasteiger partial charge on any atom is -0.316 e. The summed E-state index contributed by atoms with van der Waals surface area (Å²) in [5.74, 6) is 2.43. The molecule has 1 heteroatoms. The van der Waals surface area contributed by atoms with E-state index in [4.69, 9.17) is 0 Å². The van der Waals surface area contributed by atoms with Crippen LogP contribution < -0.4 is 5.32 Å². The Balaban J connectivity index is 3.64. The van der Waals surface area contributed by atoms with Gasteiger partial charge in [0.1, 0.15) is 0 Å². The van der Waals surface area contributed by atoms with Gasteiger partial charge in [-0.05, 0) is 37.3 Å². The lowest BCUT2D eigenvalue weighted by molar-refractivity contribution is 0.276. The zero-order chi connectivity index (χ0) is 9.56. The first-order valence-corrected chi connectivity index (χ1v) is 5.30. The van der Waals surface area contributed by atoms with Crippen molar-refractivity contribution in [2.24, 2.45) is 17.8 Å². The fourth-order valence-corrected chi connectivity index (χ4v) is 1.69. The molecule has 0 bridgehead atoms. The van der Waals surface area contributed by atoms with Crippen LogP contribution in [0.4, 0.5) is 0 Å². The van der Waals surface area contributed by atoms with Crippen molar-refractivity contribution in [1.82, 2.24) is 5.32 Å². The predicted octanol–water partition coefficient (Wildman–Crippen LogP) is 2.91. The maximum Gasteiger partial charge on any atom is -0.00156 e. The van der Waals surface area contributed by atoms with Gasteiger partial charge in [-0.1, -0.05) is 34.6 Å². The summed E-state index contributed by atoms with van der Waals surface area (Å²) >= 11 is 0. The molecule has 0 heterocycles. The Morgan fingerprint density at radius 1 is 1.00 bits per heavy atom. The third kappa shape index (κ3) is 4.76. The lowest BCUT2D eigenvalue weighted by Gasteiger charge is -2.25. The predicted molar refractivity (Wildman–Crippen MR) is 56.3 cm³/mol. The highest BCUT2D eigenvalue weighted by atomic mass is 14.9. The van der Waals surface area contributed by atoms with Crippen LogP contribution in [0.1, 0.15) is 41.0 Å². The smallest absolute Gasteiger partial charge is 0.00156 e. The molecular formula is C11H25N. The van der Waals surface area contributed by atoms with Crippen molar-refractivity contribution in [2.45, 2.75) is 41.0 Å². The summed E-state index contributed by atoms with van der Waals surface area (Å²) in [6.45, 7) is 13.8. The Kier molecular flexibility index (Phi) is 6.45. The minimum atomic E-state index is 0.800. The molecule has 0 amide bonds. The SMILES string of the molecule is CCCNCC(C(C)C)C(C)C. The number of hydrogen-bond donors (Lipinski definition) is 1. The monoisotopic (exact) mass is 171 g/mol. The van der Waals surface area contributed by atoms with Crippen LogP contribution in [0.5, 0.6) is 0 Å². The Morgan fingerprint density at radius 2 is 1.50 bits per heavy atom. The molecule has 1 nitrogen and oxygen atoms in total. The Hall–Kier alpha value is -0.0400. The van der Waals surface area contributed by atoms with Gasteiger partial charge in [0, 0.05) is 0 Å². The van der Waals surface area contributed by atoms with Crippen LogP contribution in [-0.4, -0.2) is 13.1 Å². The van der Waals surface area contributed by atoms with E-state index >= 15 is 0 Å². The molecule has 0 aromatic heterocycles. The van der Waals surface area contributed by atoms with Gasteiger partial charge in [0.05, 0.1) is 0 Å². The molecule has 0 saturated heterocycles. The zero-order valence-electron chi connectivity index (χ0n) is 9.35. The van der Waals surface area contributed by atoms with Gasteiger partial charge in [-0.15, -0.1) is 0 Å². The van der Waals surface area contributed by atoms with Crippen LogP contribution in [0.25, 0.3) is 0 Å². The lowest BCUT2D eigenvalue weighted by atomic mass is 9.85. The highest BCUT2D eigenvalue weighted by molar-refractivity contribution is 4.68. The molecule has 0 aromatic carbocycles. The molecule has 0 spiro atoms. The maximum atomic E-state index is 3.50. The fourth-order valence-electron chi connectivity index (χ4n) is 1.69. The van der Waals surface area contributed by atoms with Gasteiger partial charge in [0.2, 0.25) is 0 Å². The summed E-state index contributed by atoms with van der Waals surface area (Å²) in [6, 6.07) is 0. The molecule has 0 rings (SSSR count). The highest BCUT2D eigenvalue weighted by Gasteiger charge is 2.16. The van der Waals surface area contributed by atoms with Crippen LogP contribution in [-0.2, 0) is 0 Å². The van der Waals surface area contributed by atoms with E-state index < -0.39 is 0 Å². The Bertz CT molecular complexity index is 89.2. The second-order valence-electron chi connectivity index (χ2n) is 4.36. The van der Waals surface area contributed by atoms with E-state index in [0.29, 0.717) is 0 Å². The van der Waals surface area contributed by atoms with E-state index in [9.17, 15) is 0 Å². The quantitative estimate of drug-likeness (QED) is 0.606. The molecule has 0 radical (unpaired) electrons. The number of hydrogen-bond acceptors (Lipinski definition) is 1. The summed E-state index contributed by atoms with van der Waals surface area (Å²) in [5.41, 5.74) is 0. The van der Waals surface area contributed by atoms with Crippen molar-refractivity contribution in [3.05, 3.63) is 0 Å². The topological polar surface area (TPSA) is 12.0 Å². The molecule has 0 saturated carbocycles. The van der Waals surface area contributed by atoms with Crippen LogP contribution in [0.2, 0.25) is 0 Å². The van der Waals surface area contributed by atoms with E-state index in [1.54, 1.807) is 0 Å². The summed E-state index contributed by atoms with van der Waals surface area (Å²) in [6.07, 6.45) is 1.24. The average molecular weight is 171 g/mol. The molecule has 12 heavy (non-hydrogen) atoms. The molecule has 74 valence electrons. The molecule has 0 aliphatic rings. The third-order valence-corrected chi connectivity index (χ3v) is 2.52. The molecule has 0 fully saturated rings. The van der Waals surface area contributed by atoms with Gasteiger partial charge in [-0.25, -0.2) is 0 Å². The Labute approximate surface area is 77.9 Å². The summed E-state index contributed by atoms with van der Waals surface area (Å²) in [5, 5.41) is 3.50. The lowest BCUT2D eigenvalue weighted by Crippen LogP contribution is -2.30. The first-order chi connectivity index (χ1) is 5.59. The molecule has 0 atom stereocenters. The summed E-state index contributed by atoms with van der Waals surface area (Å²) in [4.78, 5) is 0. The molecule has 0 aliphatic carbocycles. The first kappa shape index (κ1) is 12.0. The molecular weight excluding hydrogens is 146 g/mol. The van der Waals surface area contributed by atoms with Crippen molar-refractivity contribution >= 4 is 0 Å². The largest absolute Gasteiger partial charge is 0.316 e. The minimum absolute atomic E-state index is 0.800. The van der Waals surface area contributed by atoms with E-state index in [-0.39, 0.29) is 0 Å². The molecule has 0 unspecified atom stereocenters. The normalized spacial score (nSPS) is 12.0. The van der Waals surface area contributed by atoms with Gasteiger partial charge in [-0.2, -0.15) is 0 Å². The van der Waals surface area contributed by atoms with Crippen LogP contribution >= 0.6 is 0 Å². The molecule has 1 N–H and O–H groups in total. The van der Waals surface area contributed by atoms with Gasteiger partial charge >= 0.3 is 0 Å². The summed E-state index contributed by atoms with van der Waals surface area (Å²) < 4.78 is 0. The van der Waals surface area contributed by atoms with Gasteiger partial charge in [0.25, 0.3) is 0 Å². The highest BCUT2D eigenvalue weighted by Crippen LogP contribution is 2.19. The maximum absolute atomic E-state index is 3.50. The van der Waals surface area contributed by atoms with Crippen LogP contribution in [0, 0.1) is 17.8 Å². The third-order valence-electron chi connectivity index (χ3n) is 2.52. The second-order valence-corrected chi connectivity index (χ2v) is 4.36. The van der Waals surface area contributed by atoms with Crippen molar-refractivity contribution in [2.75, 3.05) is 13.1 Å². The zero-order valence-corrected chi connectivity index (χ0v) is 9.35. The van der Waals surface area contributed by atoms with Crippen LogP contribution in [0.15, 0.2) is 0 Å². The first-order valence-electron chi connectivity index (χ1n) is 5.30. The van der Waals surface area contributed by atoms with Crippen LogP contribution in [0.3, 0.4) is 0 Å². The van der Waals surface area contributed by atoms with Gasteiger partial charge < -0.3 is 5.32 Å². The van der Waals surface area contributed by atoms with Crippen molar-refractivity contribution in [1.29, 1.82) is 0 Å². The standard InChI is InChI=1S/C11H25N/c1-6-7-12-8-11(9(2)3)10(4)5/h9-12H,6-8H2,1-5H3. The summed E-state index contributed by atoms with van der Waals surface area (Å²) in [7, 11) is 0. The van der Waals surface area contributed by atoms with E-state index in [0.717, 1.165) is 24.3 Å². The van der Waals surface area contributed by atoms with E-state index in [1.165, 1.54) is 13.0 Å².